The number of hydrogen-bond acceptors (Lipinski definition) is 3. The Labute approximate surface area is 183 Å². The molecule has 0 saturated heterocycles. The molecule has 0 fully saturated rings. The summed E-state index contributed by atoms with van der Waals surface area (Å²) in [5, 5.41) is 5.10. The van der Waals surface area contributed by atoms with Crippen LogP contribution in [0.2, 0.25) is 0 Å². The lowest BCUT2D eigenvalue weighted by Gasteiger charge is -2.16. The van der Waals surface area contributed by atoms with Crippen molar-refractivity contribution in [2.75, 3.05) is 0 Å². The Morgan fingerprint density at radius 1 is 0.871 bits per heavy atom. The highest BCUT2D eigenvalue weighted by atomic mass is 15.4. The van der Waals surface area contributed by atoms with Gasteiger partial charge in [0, 0.05) is 16.7 Å². The van der Waals surface area contributed by atoms with Crippen molar-refractivity contribution < 1.29 is 4.57 Å². The fraction of sp³-hybridized carbons (Fsp3) is 0.308. The molecule has 0 aliphatic carbocycles. The average molecular weight is 411 g/mol. The van der Waals surface area contributed by atoms with E-state index in [2.05, 4.69) is 93.3 Å². The van der Waals surface area contributed by atoms with Crippen LogP contribution in [0.4, 0.5) is 0 Å². The first-order valence-corrected chi connectivity index (χ1v) is 10.8. The quantitative estimate of drug-likeness (QED) is 0.390. The maximum atomic E-state index is 5.10. The van der Waals surface area contributed by atoms with Crippen LogP contribution < -0.4 is 4.57 Å². The summed E-state index contributed by atoms with van der Waals surface area (Å²) in [6.45, 7) is 13.6. The average Bonchev–Trinajstić information content (AvgIpc) is 3.23. The molecule has 31 heavy (non-hydrogen) atoms. The van der Waals surface area contributed by atoms with E-state index >= 15 is 0 Å². The zero-order valence-electron chi connectivity index (χ0n) is 19.1. The first-order chi connectivity index (χ1) is 14.8. The first-order valence-electron chi connectivity index (χ1n) is 10.8. The van der Waals surface area contributed by atoms with Crippen LogP contribution in [0, 0.1) is 20.8 Å². The van der Waals surface area contributed by atoms with Gasteiger partial charge in [-0.2, -0.15) is 4.57 Å². The Balaban J connectivity index is 1.82. The molecule has 0 amide bonds. The molecule has 3 heterocycles. The second-order valence-corrected chi connectivity index (χ2v) is 9.50. The van der Waals surface area contributed by atoms with E-state index in [1.807, 2.05) is 6.20 Å². The summed E-state index contributed by atoms with van der Waals surface area (Å²) >= 11 is 0. The fourth-order valence-electron chi connectivity index (χ4n) is 4.39. The van der Waals surface area contributed by atoms with Gasteiger partial charge in [-0.3, -0.25) is 0 Å². The van der Waals surface area contributed by atoms with Crippen molar-refractivity contribution in [2.24, 2.45) is 0 Å². The molecular formula is C26H28N5+. The standard InChI is InChI=1S/C26H28N5/c1-16-10-7-8-13-19(16)23-29-30-15-21-20(14-27-25(28-21)26(4,5)6)24(30)31(23)22-17(2)11-9-12-18(22)3/h7-14H,15H2,1-6H3/q+1. The van der Waals surface area contributed by atoms with Gasteiger partial charge in [-0.25, -0.2) is 9.97 Å². The smallest absolute Gasteiger partial charge is 0.240 e. The maximum absolute atomic E-state index is 5.10. The molecule has 5 heteroatoms. The summed E-state index contributed by atoms with van der Waals surface area (Å²) < 4.78 is 4.39. The molecule has 0 radical (unpaired) electrons. The minimum absolute atomic E-state index is 0.0887. The van der Waals surface area contributed by atoms with Gasteiger partial charge in [0.05, 0.1) is 16.8 Å². The van der Waals surface area contributed by atoms with Gasteiger partial charge in [0.1, 0.15) is 18.1 Å². The predicted octanol–water partition coefficient (Wildman–Crippen LogP) is 4.87. The van der Waals surface area contributed by atoms with E-state index in [-0.39, 0.29) is 5.41 Å². The molecular weight excluding hydrogens is 382 g/mol. The molecule has 1 aliphatic heterocycles. The Morgan fingerprint density at radius 3 is 2.23 bits per heavy atom. The molecule has 0 N–H and O–H groups in total. The summed E-state index contributed by atoms with van der Waals surface area (Å²) in [6.07, 6.45) is 1.98. The molecule has 0 spiro atoms. The van der Waals surface area contributed by atoms with E-state index in [9.17, 15) is 0 Å². The van der Waals surface area contributed by atoms with Gasteiger partial charge in [0.15, 0.2) is 0 Å². The third-order valence-corrected chi connectivity index (χ3v) is 6.01. The minimum atomic E-state index is -0.0887. The molecule has 0 saturated carbocycles. The molecule has 4 aromatic rings. The number of benzene rings is 2. The molecule has 2 aromatic carbocycles. The monoisotopic (exact) mass is 410 g/mol. The normalized spacial score (nSPS) is 12.7. The van der Waals surface area contributed by atoms with Crippen LogP contribution in [0.15, 0.2) is 48.7 Å². The Bertz CT molecular complexity index is 1300. The molecule has 1 aliphatic rings. The third kappa shape index (κ3) is 3.07. The number of rotatable bonds is 2. The highest BCUT2D eigenvalue weighted by Gasteiger charge is 2.39. The van der Waals surface area contributed by atoms with Crippen molar-refractivity contribution in [2.45, 2.75) is 53.5 Å². The van der Waals surface area contributed by atoms with Crippen molar-refractivity contribution >= 4 is 0 Å². The number of nitrogens with zero attached hydrogens (tertiary/aromatic N) is 5. The van der Waals surface area contributed by atoms with Gasteiger partial charge in [-0.1, -0.05) is 57.2 Å². The largest absolute Gasteiger partial charge is 0.314 e. The van der Waals surface area contributed by atoms with Gasteiger partial charge in [-0.15, -0.1) is 4.68 Å². The molecule has 0 bridgehead atoms. The van der Waals surface area contributed by atoms with E-state index in [1.165, 1.54) is 22.4 Å². The Morgan fingerprint density at radius 2 is 1.55 bits per heavy atom. The summed E-state index contributed by atoms with van der Waals surface area (Å²) in [4.78, 5) is 9.66. The predicted molar refractivity (Wildman–Crippen MR) is 122 cm³/mol. The lowest BCUT2D eigenvalue weighted by molar-refractivity contribution is -0.573. The van der Waals surface area contributed by atoms with Crippen LogP contribution in [-0.2, 0) is 12.0 Å². The van der Waals surface area contributed by atoms with Crippen LogP contribution in [0.25, 0.3) is 28.5 Å². The Hall–Kier alpha value is -3.34. The topological polar surface area (TPSA) is 47.5 Å². The van der Waals surface area contributed by atoms with Gasteiger partial charge >= 0.3 is 5.82 Å². The molecule has 2 aromatic heterocycles. The molecule has 0 atom stereocenters. The summed E-state index contributed by atoms with van der Waals surface area (Å²) in [5.41, 5.74) is 7.97. The van der Waals surface area contributed by atoms with E-state index < -0.39 is 0 Å². The van der Waals surface area contributed by atoms with E-state index in [0.29, 0.717) is 6.54 Å². The number of para-hydroxylation sites is 1. The molecule has 0 unspecified atom stereocenters. The lowest BCUT2D eigenvalue weighted by Crippen LogP contribution is -2.36. The highest BCUT2D eigenvalue weighted by Crippen LogP contribution is 2.33. The summed E-state index contributed by atoms with van der Waals surface area (Å²) in [6, 6.07) is 14.9. The number of aryl methyl sites for hydroxylation is 3. The zero-order valence-corrected chi connectivity index (χ0v) is 19.1. The Kier molecular flexibility index (Phi) is 4.33. The number of hydrogen-bond donors (Lipinski definition) is 0. The van der Waals surface area contributed by atoms with Crippen LogP contribution in [0.1, 0.15) is 49.0 Å². The maximum Gasteiger partial charge on any atom is 0.314 e. The van der Waals surface area contributed by atoms with Crippen LogP contribution in [-0.4, -0.2) is 19.7 Å². The lowest BCUT2D eigenvalue weighted by atomic mass is 9.95. The van der Waals surface area contributed by atoms with E-state index in [0.717, 1.165) is 34.3 Å². The van der Waals surface area contributed by atoms with Gasteiger partial charge in [-0.05, 0) is 43.5 Å². The third-order valence-electron chi connectivity index (χ3n) is 6.01. The highest BCUT2D eigenvalue weighted by molar-refractivity contribution is 5.64. The van der Waals surface area contributed by atoms with Crippen molar-refractivity contribution in [1.82, 2.24) is 19.7 Å². The van der Waals surface area contributed by atoms with Gasteiger partial charge in [0.25, 0.3) is 5.82 Å². The van der Waals surface area contributed by atoms with E-state index in [1.54, 1.807) is 0 Å². The van der Waals surface area contributed by atoms with Crippen molar-refractivity contribution in [3.05, 3.63) is 76.9 Å². The minimum Gasteiger partial charge on any atom is -0.240 e. The van der Waals surface area contributed by atoms with Crippen molar-refractivity contribution in [3.63, 3.8) is 0 Å². The van der Waals surface area contributed by atoms with Gasteiger partial charge in [0.2, 0.25) is 0 Å². The molecule has 5 nitrogen and oxygen atoms in total. The van der Waals surface area contributed by atoms with Crippen LogP contribution in [0.5, 0.6) is 0 Å². The summed E-state index contributed by atoms with van der Waals surface area (Å²) in [5.74, 6) is 2.87. The second kappa shape index (κ2) is 6.84. The number of fused-ring (bicyclic) bond motifs is 3. The van der Waals surface area contributed by atoms with Gasteiger partial charge < -0.3 is 0 Å². The van der Waals surface area contributed by atoms with Crippen LogP contribution in [0.3, 0.4) is 0 Å². The molecule has 156 valence electrons. The summed E-state index contributed by atoms with van der Waals surface area (Å²) in [7, 11) is 0. The molecule has 5 rings (SSSR count). The SMILES string of the molecule is Cc1ccccc1-c1nn2c([n+]1-c1c(C)cccc1C)-c1cnc(C(C)(C)C)nc1C2. The first kappa shape index (κ1) is 19.6. The van der Waals surface area contributed by atoms with E-state index in [4.69, 9.17) is 15.1 Å². The van der Waals surface area contributed by atoms with Crippen LogP contribution >= 0.6 is 0 Å². The van der Waals surface area contributed by atoms with Crippen molar-refractivity contribution in [1.29, 1.82) is 0 Å². The zero-order chi connectivity index (χ0) is 21.9. The number of aromatic nitrogens is 5. The van der Waals surface area contributed by atoms with Crippen molar-refractivity contribution in [3.8, 4) is 28.5 Å². The fourth-order valence-corrected chi connectivity index (χ4v) is 4.39. The second-order valence-electron chi connectivity index (χ2n) is 9.50.